The Morgan fingerprint density at radius 1 is 1.35 bits per heavy atom. The summed E-state index contributed by atoms with van der Waals surface area (Å²) < 4.78 is 5.11. The summed E-state index contributed by atoms with van der Waals surface area (Å²) in [7, 11) is 1.57. The molecule has 1 aromatic carbocycles. The van der Waals surface area contributed by atoms with Crippen molar-refractivity contribution in [2.24, 2.45) is 0 Å². The highest BCUT2D eigenvalue weighted by Gasteiger charge is 2.21. The van der Waals surface area contributed by atoms with Crippen LogP contribution in [0.25, 0.3) is 0 Å². The van der Waals surface area contributed by atoms with Crippen LogP contribution in [0.15, 0.2) is 18.2 Å². The molecule has 1 aromatic rings. The number of nitrogen functional groups attached to an aromatic ring is 1. The minimum absolute atomic E-state index is 0.0879. The van der Waals surface area contributed by atoms with Crippen molar-refractivity contribution in [1.29, 1.82) is 0 Å². The summed E-state index contributed by atoms with van der Waals surface area (Å²) in [4.78, 5) is 12.4. The number of carbonyl (C=O) groups is 1. The van der Waals surface area contributed by atoms with E-state index in [2.05, 4.69) is 5.32 Å². The first-order chi connectivity index (χ1) is 9.61. The molecule has 110 valence electrons. The largest absolute Gasteiger partial charge is 0.495 e. The van der Waals surface area contributed by atoms with Crippen LogP contribution >= 0.6 is 0 Å². The van der Waals surface area contributed by atoms with Gasteiger partial charge in [-0.15, -0.1) is 0 Å². The molecule has 1 atom stereocenters. The highest BCUT2D eigenvalue weighted by Crippen LogP contribution is 2.23. The molecule has 1 saturated carbocycles. The highest BCUT2D eigenvalue weighted by molar-refractivity contribution is 6.00. The number of rotatable bonds is 5. The lowest BCUT2D eigenvalue weighted by Gasteiger charge is -2.26. The van der Waals surface area contributed by atoms with Crippen molar-refractivity contribution in [1.82, 2.24) is 5.32 Å². The Bertz CT molecular complexity index is 468. The summed E-state index contributed by atoms with van der Waals surface area (Å²) in [5.74, 6) is 0.694. The summed E-state index contributed by atoms with van der Waals surface area (Å²) in [6.45, 7) is 1.93. The molecule has 1 fully saturated rings. The molecular weight excluding hydrogens is 252 g/mol. The zero-order valence-electron chi connectivity index (χ0n) is 12.3. The molecule has 0 bridgehead atoms. The molecule has 1 aliphatic rings. The van der Waals surface area contributed by atoms with Crippen LogP contribution in [0.3, 0.4) is 0 Å². The summed E-state index contributed by atoms with van der Waals surface area (Å²) >= 11 is 0. The van der Waals surface area contributed by atoms with Crippen molar-refractivity contribution >= 4 is 11.5 Å². The van der Waals surface area contributed by atoms with Crippen LogP contribution in [-0.2, 0) is 0 Å². The third kappa shape index (κ3) is 3.51. The maximum atomic E-state index is 12.4. The van der Waals surface area contributed by atoms with Crippen LogP contribution in [0.1, 0.15) is 49.4 Å². The van der Waals surface area contributed by atoms with Crippen LogP contribution < -0.4 is 15.8 Å². The number of ether oxygens (including phenoxy) is 1. The van der Waals surface area contributed by atoms with Gasteiger partial charge in [-0.1, -0.05) is 19.3 Å². The molecule has 1 unspecified atom stereocenters. The number of methoxy groups -OCH3 is 1. The van der Waals surface area contributed by atoms with E-state index in [4.69, 9.17) is 10.5 Å². The molecule has 0 aromatic heterocycles. The van der Waals surface area contributed by atoms with Crippen LogP contribution in [0.2, 0.25) is 0 Å². The van der Waals surface area contributed by atoms with E-state index in [0.29, 0.717) is 23.0 Å². The predicted octanol–water partition coefficient (Wildman–Crippen LogP) is 2.77. The summed E-state index contributed by atoms with van der Waals surface area (Å²) in [5.41, 5.74) is 7.00. The van der Waals surface area contributed by atoms with Crippen molar-refractivity contribution in [2.75, 3.05) is 12.8 Å². The highest BCUT2D eigenvalue weighted by atomic mass is 16.5. The third-order valence-corrected chi connectivity index (χ3v) is 4.00. The van der Waals surface area contributed by atoms with E-state index in [1.807, 2.05) is 6.92 Å². The van der Waals surface area contributed by atoms with Gasteiger partial charge in [0.05, 0.1) is 18.8 Å². The lowest BCUT2D eigenvalue weighted by molar-refractivity contribution is 0.0940. The van der Waals surface area contributed by atoms with Crippen molar-refractivity contribution in [3.63, 3.8) is 0 Å². The standard InChI is InChI=1S/C16H24N2O2/c1-11(18-13-6-4-3-5-7-13)16(19)12-8-9-15(20-2)14(17)10-12/h8-11,13,18H,3-7,17H2,1-2H3. The molecule has 0 amide bonds. The fraction of sp³-hybridized carbons (Fsp3) is 0.562. The maximum absolute atomic E-state index is 12.4. The van der Waals surface area contributed by atoms with E-state index in [-0.39, 0.29) is 11.8 Å². The predicted molar refractivity (Wildman–Crippen MR) is 81.2 cm³/mol. The van der Waals surface area contributed by atoms with Gasteiger partial charge in [-0.25, -0.2) is 0 Å². The average Bonchev–Trinajstić information content (AvgIpc) is 2.47. The topological polar surface area (TPSA) is 64.3 Å². The van der Waals surface area contributed by atoms with Crippen molar-refractivity contribution in [2.45, 2.75) is 51.1 Å². The van der Waals surface area contributed by atoms with Gasteiger partial charge in [0.2, 0.25) is 0 Å². The minimum Gasteiger partial charge on any atom is -0.495 e. The third-order valence-electron chi connectivity index (χ3n) is 4.00. The zero-order chi connectivity index (χ0) is 14.5. The molecule has 20 heavy (non-hydrogen) atoms. The first kappa shape index (κ1) is 14.9. The van der Waals surface area contributed by atoms with Gasteiger partial charge < -0.3 is 15.8 Å². The molecule has 2 rings (SSSR count). The number of nitrogens with two attached hydrogens (primary N) is 1. The van der Waals surface area contributed by atoms with Gasteiger partial charge in [0.25, 0.3) is 0 Å². The van der Waals surface area contributed by atoms with Gasteiger partial charge in [0.15, 0.2) is 5.78 Å². The second-order valence-corrected chi connectivity index (χ2v) is 5.54. The number of hydrogen-bond acceptors (Lipinski definition) is 4. The molecule has 4 heteroatoms. The van der Waals surface area contributed by atoms with E-state index >= 15 is 0 Å². The van der Waals surface area contributed by atoms with Gasteiger partial charge in [-0.05, 0) is 38.0 Å². The number of Topliss-reactive ketones (excluding diaryl/α,β-unsaturated/α-hetero) is 1. The fourth-order valence-electron chi connectivity index (χ4n) is 2.84. The first-order valence-corrected chi connectivity index (χ1v) is 7.35. The van der Waals surface area contributed by atoms with Crippen LogP contribution in [0.4, 0.5) is 5.69 Å². The quantitative estimate of drug-likeness (QED) is 0.641. The number of nitrogens with one attached hydrogen (secondary N) is 1. The second kappa shape index (κ2) is 6.75. The molecule has 0 radical (unpaired) electrons. The van der Waals surface area contributed by atoms with Gasteiger partial charge in [-0.3, -0.25) is 4.79 Å². The van der Waals surface area contributed by atoms with Crippen molar-refractivity contribution in [3.05, 3.63) is 23.8 Å². The normalized spacial score (nSPS) is 17.7. The summed E-state index contributed by atoms with van der Waals surface area (Å²) in [6, 6.07) is 5.51. The monoisotopic (exact) mass is 276 g/mol. The Morgan fingerprint density at radius 3 is 2.65 bits per heavy atom. The zero-order valence-corrected chi connectivity index (χ0v) is 12.3. The fourth-order valence-corrected chi connectivity index (χ4v) is 2.84. The number of anilines is 1. The minimum atomic E-state index is -0.175. The molecular formula is C16H24N2O2. The molecule has 4 nitrogen and oxygen atoms in total. The molecule has 0 heterocycles. The van der Waals surface area contributed by atoms with E-state index in [0.717, 1.165) is 0 Å². The molecule has 3 N–H and O–H groups in total. The molecule has 0 saturated heterocycles. The Labute approximate surface area is 120 Å². The van der Waals surface area contributed by atoms with E-state index in [1.54, 1.807) is 25.3 Å². The number of carbonyl (C=O) groups excluding carboxylic acids is 1. The SMILES string of the molecule is COc1ccc(C(=O)C(C)NC2CCCCC2)cc1N. The van der Waals surface area contributed by atoms with Crippen LogP contribution in [0, 0.1) is 0 Å². The van der Waals surface area contributed by atoms with Gasteiger partial charge in [-0.2, -0.15) is 0 Å². The Hall–Kier alpha value is -1.55. The van der Waals surface area contributed by atoms with E-state index in [9.17, 15) is 4.79 Å². The van der Waals surface area contributed by atoms with Gasteiger partial charge in [0.1, 0.15) is 5.75 Å². The smallest absolute Gasteiger partial charge is 0.179 e. The second-order valence-electron chi connectivity index (χ2n) is 5.54. The van der Waals surface area contributed by atoms with E-state index < -0.39 is 0 Å². The van der Waals surface area contributed by atoms with Crippen molar-refractivity contribution < 1.29 is 9.53 Å². The van der Waals surface area contributed by atoms with Crippen LogP contribution in [0.5, 0.6) is 5.75 Å². The Kier molecular flexibility index (Phi) is 5.01. The van der Waals surface area contributed by atoms with Crippen LogP contribution in [-0.4, -0.2) is 25.0 Å². The number of benzene rings is 1. The summed E-state index contributed by atoms with van der Waals surface area (Å²) in [6.07, 6.45) is 6.17. The lowest BCUT2D eigenvalue weighted by Crippen LogP contribution is -2.42. The van der Waals surface area contributed by atoms with E-state index in [1.165, 1.54) is 32.1 Å². The van der Waals surface area contributed by atoms with Crippen molar-refractivity contribution in [3.8, 4) is 5.75 Å². The Balaban J connectivity index is 2.00. The summed E-state index contributed by atoms with van der Waals surface area (Å²) in [5, 5.41) is 3.44. The lowest BCUT2D eigenvalue weighted by atomic mass is 9.94. The number of hydrogen-bond donors (Lipinski definition) is 2. The molecule has 0 aliphatic heterocycles. The average molecular weight is 276 g/mol. The molecule has 1 aliphatic carbocycles. The number of ketones is 1. The van der Waals surface area contributed by atoms with Gasteiger partial charge >= 0.3 is 0 Å². The Morgan fingerprint density at radius 2 is 2.05 bits per heavy atom. The maximum Gasteiger partial charge on any atom is 0.179 e. The first-order valence-electron chi connectivity index (χ1n) is 7.35. The van der Waals surface area contributed by atoms with Gasteiger partial charge in [0, 0.05) is 11.6 Å². The molecule has 0 spiro atoms.